The average molecular weight is 613 g/mol. The molecule has 3 aromatic rings. The van der Waals surface area contributed by atoms with Crippen molar-refractivity contribution in [2.24, 2.45) is 0 Å². The van der Waals surface area contributed by atoms with Crippen molar-refractivity contribution in [2.75, 3.05) is 13.2 Å². The SMILES string of the molecule is CCCCCCCCCCCCCCOc1ccc(-c2ccccc2-c2ccc(C(C)OCCCCCCCCC)cc2)cc1. The molecule has 0 N–H and O–H groups in total. The van der Waals surface area contributed by atoms with E-state index in [-0.39, 0.29) is 6.10 Å². The maximum Gasteiger partial charge on any atom is 0.119 e. The van der Waals surface area contributed by atoms with Gasteiger partial charge in [-0.25, -0.2) is 0 Å². The van der Waals surface area contributed by atoms with Gasteiger partial charge in [0.15, 0.2) is 0 Å². The molecule has 0 radical (unpaired) electrons. The van der Waals surface area contributed by atoms with Crippen molar-refractivity contribution >= 4 is 0 Å². The Morgan fingerprint density at radius 1 is 0.444 bits per heavy atom. The lowest BCUT2D eigenvalue weighted by Crippen LogP contribution is -2.02. The third-order valence-electron chi connectivity index (χ3n) is 9.17. The van der Waals surface area contributed by atoms with Crippen LogP contribution >= 0.6 is 0 Å². The molecule has 0 heterocycles. The van der Waals surface area contributed by atoms with E-state index < -0.39 is 0 Å². The molecule has 0 fully saturated rings. The van der Waals surface area contributed by atoms with Gasteiger partial charge in [-0.15, -0.1) is 0 Å². The van der Waals surface area contributed by atoms with Crippen LogP contribution in [0.4, 0.5) is 0 Å². The van der Waals surface area contributed by atoms with E-state index in [1.807, 2.05) is 0 Å². The lowest BCUT2D eigenvalue weighted by Gasteiger charge is -2.15. The second-order valence-corrected chi connectivity index (χ2v) is 13.1. The van der Waals surface area contributed by atoms with Crippen LogP contribution in [-0.4, -0.2) is 13.2 Å². The van der Waals surface area contributed by atoms with Crippen molar-refractivity contribution in [1.29, 1.82) is 0 Å². The van der Waals surface area contributed by atoms with Gasteiger partial charge in [-0.2, -0.15) is 0 Å². The van der Waals surface area contributed by atoms with Crippen LogP contribution < -0.4 is 4.74 Å². The van der Waals surface area contributed by atoms with Crippen molar-refractivity contribution in [3.05, 3.63) is 78.4 Å². The summed E-state index contributed by atoms with van der Waals surface area (Å²) >= 11 is 0. The maximum absolute atomic E-state index is 6.17. The Morgan fingerprint density at radius 3 is 1.31 bits per heavy atom. The number of ether oxygens (including phenoxy) is 2. The molecular formula is C43H64O2. The molecule has 0 aliphatic heterocycles. The summed E-state index contributed by atoms with van der Waals surface area (Å²) < 4.78 is 12.3. The molecule has 0 aliphatic carbocycles. The van der Waals surface area contributed by atoms with E-state index >= 15 is 0 Å². The number of rotatable bonds is 26. The summed E-state index contributed by atoms with van der Waals surface area (Å²) in [5, 5.41) is 0. The van der Waals surface area contributed by atoms with Crippen LogP contribution in [-0.2, 0) is 4.74 Å². The van der Waals surface area contributed by atoms with Crippen LogP contribution in [0.1, 0.15) is 154 Å². The summed E-state index contributed by atoms with van der Waals surface area (Å²) in [6.07, 6.45) is 25.7. The highest BCUT2D eigenvalue weighted by Gasteiger charge is 2.10. The molecule has 45 heavy (non-hydrogen) atoms. The fourth-order valence-electron chi connectivity index (χ4n) is 6.20. The quantitative estimate of drug-likeness (QED) is 0.0840. The highest BCUT2D eigenvalue weighted by molar-refractivity contribution is 5.83. The number of hydrogen-bond acceptors (Lipinski definition) is 2. The molecule has 0 saturated heterocycles. The first kappa shape index (κ1) is 36.9. The molecule has 3 rings (SSSR count). The monoisotopic (exact) mass is 612 g/mol. The van der Waals surface area contributed by atoms with Crippen molar-refractivity contribution in [2.45, 2.75) is 149 Å². The molecule has 2 nitrogen and oxygen atoms in total. The average Bonchev–Trinajstić information content (AvgIpc) is 3.08. The molecule has 0 bridgehead atoms. The van der Waals surface area contributed by atoms with Gasteiger partial charge in [-0.05, 0) is 59.7 Å². The van der Waals surface area contributed by atoms with Crippen molar-refractivity contribution in [3.63, 3.8) is 0 Å². The molecule has 0 spiro atoms. The van der Waals surface area contributed by atoms with Gasteiger partial charge < -0.3 is 9.47 Å². The Kier molecular flexibility index (Phi) is 19.4. The molecule has 0 aliphatic rings. The minimum atomic E-state index is 0.122. The zero-order chi connectivity index (χ0) is 31.8. The first-order valence-corrected chi connectivity index (χ1v) is 18.8. The number of unbranched alkanes of at least 4 members (excludes halogenated alkanes) is 17. The zero-order valence-electron chi connectivity index (χ0n) is 29.2. The second-order valence-electron chi connectivity index (χ2n) is 13.1. The van der Waals surface area contributed by atoms with E-state index in [1.54, 1.807) is 0 Å². The molecule has 248 valence electrons. The summed E-state index contributed by atoms with van der Waals surface area (Å²) in [4.78, 5) is 0. The first-order valence-electron chi connectivity index (χ1n) is 18.8. The zero-order valence-corrected chi connectivity index (χ0v) is 29.2. The topological polar surface area (TPSA) is 18.5 Å². The van der Waals surface area contributed by atoms with E-state index in [2.05, 4.69) is 93.6 Å². The van der Waals surface area contributed by atoms with Gasteiger partial charge in [0.05, 0.1) is 12.7 Å². The minimum absolute atomic E-state index is 0.122. The third-order valence-corrected chi connectivity index (χ3v) is 9.17. The summed E-state index contributed by atoms with van der Waals surface area (Å²) in [6, 6.07) is 26.3. The van der Waals surface area contributed by atoms with Gasteiger partial charge in [0.1, 0.15) is 5.75 Å². The Hall–Kier alpha value is -2.58. The Morgan fingerprint density at radius 2 is 0.844 bits per heavy atom. The lowest BCUT2D eigenvalue weighted by atomic mass is 9.94. The third kappa shape index (κ3) is 15.0. The van der Waals surface area contributed by atoms with Gasteiger partial charge in [0.25, 0.3) is 0 Å². The fraction of sp³-hybridized carbons (Fsp3) is 0.581. The van der Waals surface area contributed by atoms with Crippen LogP contribution in [0.5, 0.6) is 5.75 Å². The summed E-state index contributed by atoms with van der Waals surface area (Å²) in [6.45, 7) is 8.39. The molecule has 2 heteroatoms. The fourth-order valence-corrected chi connectivity index (χ4v) is 6.20. The van der Waals surface area contributed by atoms with E-state index in [1.165, 1.54) is 137 Å². The standard InChI is InChI=1S/C43H64O2/c1-4-6-8-10-12-13-14-15-16-18-20-24-36-45-41-33-31-40(32-34-41)43-26-22-21-25-42(43)39-29-27-38(28-30-39)37(3)44-35-23-19-17-11-9-7-5-2/h21-22,25-34,37H,4-20,23-24,35-36H2,1-3H3. The van der Waals surface area contributed by atoms with Crippen molar-refractivity contribution in [1.82, 2.24) is 0 Å². The summed E-state index contributed by atoms with van der Waals surface area (Å²) in [7, 11) is 0. The van der Waals surface area contributed by atoms with E-state index in [0.717, 1.165) is 31.8 Å². The lowest BCUT2D eigenvalue weighted by molar-refractivity contribution is 0.0627. The Labute approximate surface area is 277 Å². The molecule has 1 unspecified atom stereocenters. The maximum atomic E-state index is 6.17. The molecule has 0 saturated carbocycles. The second kappa shape index (κ2) is 23.7. The highest BCUT2D eigenvalue weighted by atomic mass is 16.5. The van der Waals surface area contributed by atoms with Gasteiger partial charge >= 0.3 is 0 Å². The minimum Gasteiger partial charge on any atom is -0.494 e. The van der Waals surface area contributed by atoms with Crippen molar-refractivity contribution < 1.29 is 9.47 Å². The van der Waals surface area contributed by atoms with E-state index in [9.17, 15) is 0 Å². The van der Waals surface area contributed by atoms with Crippen molar-refractivity contribution in [3.8, 4) is 28.0 Å². The Bertz CT molecular complexity index is 1120. The molecule has 0 aromatic heterocycles. The number of benzene rings is 3. The summed E-state index contributed by atoms with van der Waals surface area (Å²) in [5.74, 6) is 0.967. The molecule has 3 aromatic carbocycles. The largest absolute Gasteiger partial charge is 0.494 e. The van der Waals surface area contributed by atoms with Gasteiger partial charge in [0.2, 0.25) is 0 Å². The molecular weight excluding hydrogens is 548 g/mol. The highest BCUT2D eigenvalue weighted by Crippen LogP contribution is 2.34. The predicted molar refractivity (Wildman–Crippen MR) is 196 cm³/mol. The van der Waals surface area contributed by atoms with Gasteiger partial charge in [-0.1, -0.05) is 184 Å². The smallest absolute Gasteiger partial charge is 0.119 e. The van der Waals surface area contributed by atoms with E-state index in [4.69, 9.17) is 9.47 Å². The van der Waals surface area contributed by atoms with Crippen LogP contribution in [0, 0.1) is 0 Å². The molecule has 0 amide bonds. The van der Waals surface area contributed by atoms with E-state index in [0.29, 0.717) is 0 Å². The van der Waals surface area contributed by atoms with Gasteiger partial charge in [-0.3, -0.25) is 0 Å². The van der Waals surface area contributed by atoms with Crippen LogP contribution in [0.3, 0.4) is 0 Å². The van der Waals surface area contributed by atoms with Crippen LogP contribution in [0.25, 0.3) is 22.3 Å². The van der Waals surface area contributed by atoms with Crippen LogP contribution in [0.2, 0.25) is 0 Å². The number of hydrogen-bond donors (Lipinski definition) is 0. The normalized spacial score (nSPS) is 12.0. The predicted octanol–water partition coefficient (Wildman–Crippen LogP) is 13.9. The van der Waals surface area contributed by atoms with Crippen LogP contribution in [0.15, 0.2) is 72.8 Å². The Balaban J connectivity index is 1.37. The summed E-state index contributed by atoms with van der Waals surface area (Å²) in [5.41, 5.74) is 6.21. The van der Waals surface area contributed by atoms with Gasteiger partial charge in [0, 0.05) is 6.61 Å². The molecule has 1 atom stereocenters. The first-order chi connectivity index (χ1) is 22.2.